The molecule has 2 aromatic rings. The van der Waals surface area contributed by atoms with Crippen LogP contribution < -0.4 is 10.1 Å². The molecule has 0 saturated carbocycles. The molecule has 0 spiro atoms. The summed E-state index contributed by atoms with van der Waals surface area (Å²) in [6, 6.07) is 8.56. The summed E-state index contributed by atoms with van der Waals surface area (Å²) >= 11 is 6.93. The number of rotatable bonds is 4. The lowest BCUT2D eigenvalue weighted by Gasteiger charge is -2.10. The number of benzene rings is 1. The van der Waals surface area contributed by atoms with E-state index in [0.29, 0.717) is 5.11 Å². The van der Waals surface area contributed by atoms with Gasteiger partial charge in [0.05, 0.1) is 6.10 Å². The summed E-state index contributed by atoms with van der Waals surface area (Å²) in [4.78, 5) is 5.45. The van der Waals surface area contributed by atoms with Gasteiger partial charge in [-0.1, -0.05) is 29.8 Å². The van der Waals surface area contributed by atoms with Crippen LogP contribution in [0, 0.1) is 6.92 Å². The predicted molar refractivity (Wildman–Crippen MR) is 97.7 cm³/mol. The first-order chi connectivity index (χ1) is 11.2. The monoisotopic (exact) mass is 347 g/mol. The molecule has 1 fully saturated rings. The minimum absolute atomic E-state index is 0.270. The fraction of sp³-hybridized carbons (Fsp3) is 0.412. The molecule has 1 aliphatic heterocycles. The standard InChI is InChI=1S/C17H21N3OS2/c1-13-4-6-14(7-5-13)12-20-8-10-23-17(20)19-16(22)18-11-15-3-2-9-21-15/h4-8,10,15H,2-3,9,11-12H2,1H3,(H,18,22)/t15-/m1/s1. The summed E-state index contributed by atoms with van der Waals surface area (Å²) in [5.41, 5.74) is 2.53. The van der Waals surface area contributed by atoms with Gasteiger partial charge in [-0.25, -0.2) is 0 Å². The Balaban J connectivity index is 1.64. The first-order valence-corrected chi connectivity index (χ1v) is 9.13. The number of aromatic nitrogens is 1. The van der Waals surface area contributed by atoms with Gasteiger partial charge in [-0.05, 0) is 37.5 Å². The number of thiazole rings is 1. The Labute approximate surface area is 145 Å². The van der Waals surface area contributed by atoms with Crippen molar-refractivity contribution in [1.29, 1.82) is 0 Å². The molecule has 0 radical (unpaired) electrons. The van der Waals surface area contributed by atoms with Gasteiger partial charge in [-0.2, -0.15) is 4.99 Å². The van der Waals surface area contributed by atoms with Crippen molar-refractivity contribution in [1.82, 2.24) is 9.88 Å². The molecule has 4 nitrogen and oxygen atoms in total. The van der Waals surface area contributed by atoms with Gasteiger partial charge in [0.2, 0.25) is 0 Å². The second-order valence-corrected chi connectivity index (χ2v) is 6.99. The van der Waals surface area contributed by atoms with Crippen LogP contribution in [-0.4, -0.2) is 28.9 Å². The van der Waals surface area contributed by atoms with E-state index in [0.717, 1.165) is 37.3 Å². The van der Waals surface area contributed by atoms with Crippen LogP contribution in [0.15, 0.2) is 40.8 Å². The van der Waals surface area contributed by atoms with E-state index in [1.54, 1.807) is 11.3 Å². The average Bonchev–Trinajstić information content (AvgIpc) is 3.20. The normalized spacial score (nSPS) is 18.3. The Morgan fingerprint density at radius 3 is 3.00 bits per heavy atom. The molecule has 1 atom stereocenters. The molecule has 1 saturated heterocycles. The molecule has 6 heteroatoms. The molecule has 0 aliphatic carbocycles. The Bertz CT molecular complexity index is 712. The number of thiocarbonyl (C=S) groups is 1. The number of nitrogens with zero attached hydrogens (tertiary/aromatic N) is 2. The largest absolute Gasteiger partial charge is 0.376 e. The third-order valence-electron chi connectivity index (χ3n) is 3.84. The highest BCUT2D eigenvalue weighted by atomic mass is 32.1. The van der Waals surface area contributed by atoms with Crippen LogP contribution in [0.4, 0.5) is 0 Å². The lowest BCUT2D eigenvalue weighted by molar-refractivity contribution is 0.114. The van der Waals surface area contributed by atoms with E-state index < -0.39 is 0 Å². The fourth-order valence-electron chi connectivity index (χ4n) is 2.53. The van der Waals surface area contributed by atoms with Gasteiger partial charge in [0.1, 0.15) is 0 Å². The number of hydrogen-bond donors (Lipinski definition) is 1. The highest BCUT2D eigenvalue weighted by molar-refractivity contribution is 7.80. The van der Waals surface area contributed by atoms with Gasteiger partial charge < -0.3 is 14.6 Å². The molecule has 1 aromatic carbocycles. The molecule has 0 unspecified atom stereocenters. The van der Waals surface area contributed by atoms with Gasteiger partial charge in [-0.3, -0.25) is 0 Å². The van der Waals surface area contributed by atoms with Crippen LogP contribution in [0.3, 0.4) is 0 Å². The van der Waals surface area contributed by atoms with Crippen LogP contribution in [0.1, 0.15) is 24.0 Å². The van der Waals surface area contributed by atoms with Crippen molar-refractivity contribution in [3.05, 3.63) is 51.8 Å². The number of nitrogens with one attached hydrogen (secondary N) is 1. The third kappa shape index (κ3) is 4.73. The maximum Gasteiger partial charge on any atom is 0.195 e. The first kappa shape index (κ1) is 16.4. The van der Waals surface area contributed by atoms with Gasteiger partial charge in [-0.15, -0.1) is 11.3 Å². The molecule has 2 heterocycles. The second-order valence-electron chi connectivity index (χ2n) is 5.73. The zero-order chi connectivity index (χ0) is 16.1. The maximum atomic E-state index is 5.58. The predicted octanol–water partition coefficient (Wildman–Crippen LogP) is 2.86. The minimum atomic E-state index is 0.270. The van der Waals surface area contributed by atoms with Crippen LogP contribution in [0.5, 0.6) is 0 Å². The fourth-order valence-corrected chi connectivity index (χ4v) is 3.49. The lowest BCUT2D eigenvalue weighted by Crippen LogP contribution is -2.31. The molecular formula is C17H21N3OS2. The summed E-state index contributed by atoms with van der Waals surface area (Å²) in [6.45, 7) is 4.50. The molecule has 0 bridgehead atoms. The maximum absolute atomic E-state index is 5.58. The summed E-state index contributed by atoms with van der Waals surface area (Å²) in [7, 11) is 0. The van der Waals surface area contributed by atoms with E-state index in [1.165, 1.54) is 11.1 Å². The number of hydrogen-bond acceptors (Lipinski definition) is 3. The number of ether oxygens (including phenoxy) is 1. The molecule has 3 rings (SSSR count). The van der Waals surface area contributed by atoms with Crippen LogP contribution >= 0.6 is 23.6 Å². The lowest BCUT2D eigenvalue weighted by atomic mass is 10.1. The Morgan fingerprint density at radius 2 is 2.26 bits per heavy atom. The van der Waals surface area contributed by atoms with E-state index in [-0.39, 0.29) is 6.10 Å². The third-order valence-corrected chi connectivity index (χ3v) is 4.87. The van der Waals surface area contributed by atoms with Crippen molar-refractivity contribution in [2.45, 2.75) is 32.4 Å². The quantitative estimate of drug-likeness (QED) is 0.865. The van der Waals surface area contributed by atoms with Crippen molar-refractivity contribution in [3.8, 4) is 0 Å². The van der Waals surface area contributed by atoms with Crippen molar-refractivity contribution in [2.75, 3.05) is 13.2 Å². The zero-order valence-electron chi connectivity index (χ0n) is 13.2. The molecule has 1 N–H and O–H groups in total. The summed E-state index contributed by atoms with van der Waals surface area (Å²) in [6.07, 6.45) is 4.55. The van der Waals surface area contributed by atoms with Crippen molar-refractivity contribution < 1.29 is 4.74 Å². The zero-order valence-corrected chi connectivity index (χ0v) is 14.8. The average molecular weight is 348 g/mol. The molecule has 1 aromatic heterocycles. The van der Waals surface area contributed by atoms with Crippen molar-refractivity contribution >= 4 is 28.7 Å². The Kier molecular flexibility index (Phi) is 5.59. The van der Waals surface area contributed by atoms with E-state index in [1.807, 2.05) is 11.6 Å². The molecule has 23 heavy (non-hydrogen) atoms. The summed E-state index contributed by atoms with van der Waals surface area (Å²) < 4.78 is 7.70. The van der Waals surface area contributed by atoms with Gasteiger partial charge >= 0.3 is 0 Å². The number of aryl methyl sites for hydroxylation is 1. The Morgan fingerprint density at radius 1 is 1.43 bits per heavy atom. The van der Waals surface area contributed by atoms with Crippen LogP contribution in [0.2, 0.25) is 0 Å². The van der Waals surface area contributed by atoms with E-state index >= 15 is 0 Å². The topological polar surface area (TPSA) is 38.5 Å². The SMILES string of the molecule is Cc1ccc(Cn2ccsc2=NC(=S)NC[C@H]2CCCO2)cc1. The Hall–Kier alpha value is -1.50. The molecule has 0 amide bonds. The van der Waals surface area contributed by atoms with Crippen molar-refractivity contribution in [2.24, 2.45) is 4.99 Å². The van der Waals surface area contributed by atoms with E-state index in [2.05, 4.69) is 46.1 Å². The second kappa shape index (κ2) is 7.86. The van der Waals surface area contributed by atoms with Crippen LogP contribution in [-0.2, 0) is 11.3 Å². The van der Waals surface area contributed by atoms with Gasteiger partial charge in [0.25, 0.3) is 0 Å². The van der Waals surface area contributed by atoms with Gasteiger partial charge in [0.15, 0.2) is 9.91 Å². The van der Waals surface area contributed by atoms with Crippen LogP contribution in [0.25, 0.3) is 0 Å². The van der Waals surface area contributed by atoms with E-state index in [9.17, 15) is 0 Å². The smallest absolute Gasteiger partial charge is 0.195 e. The first-order valence-electron chi connectivity index (χ1n) is 7.84. The minimum Gasteiger partial charge on any atom is -0.376 e. The molecule has 122 valence electrons. The van der Waals surface area contributed by atoms with Gasteiger partial charge in [0, 0.05) is 31.3 Å². The highest BCUT2D eigenvalue weighted by Crippen LogP contribution is 2.10. The summed E-state index contributed by atoms with van der Waals surface area (Å²) in [5.74, 6) is 0. The molecular weight excluding hydrogens is 326 g/mol. The highest BCUT2D eigenvalue weighted by Gasteiger charge is 2.15. The van der Waals surface area contributed by atoms with E-state index in [4.69, 9.17) is 17.0 Å². The van der Waals surface area contributed by atoms with Crippen molar-refractivity contribution in [3.63, 3.8) is 0 Å². The summed E-state index contributed by atoms with van der Waals surface area (Å²) in [5, 5.41) is 5.76. The molecule has 1 aliphatic rings.